The van der Waals surface area contributed by atoms with Gasteiger partial charge in [0.25, 0.3) is 0 Å². The maximum Gasteiger partial charge on any atom is 0.234 e. The molecular formula is C17H26N2O. The number of nitrogens with zero attached hydrogens (tertiary/aromatic N) is 1. The summed E-state index contributed by atoms with van der Waals surface area (Å²) in [6, 6.07) is 8.36. The van der Waals surface area contributed by atoms with E-state index in [1.54, 1.807) is 0 Å². The van der Waals surface area contributed by atoms with Crippen molar-refractivity contribution in [2.75, 3.05) is 26.2 Å². The highest BCUT2D eigenvalue weighted by atomic mass is 16.2. The van der Waals surface area contributed by atoms with Gasteiger partial charge in [0.15, 0.2) is 0 Å². The van der Waals surface area contributed by atoms with Gasteiger partial charge >= 0.3 is 0 Å². The van der Waals surface area contributed by atoms with Gasteiger partial charge in [0.1, 0.15) is 0 Å². The fraction of sp³-hybridized carbons (Fsp3) is 0.588. The Kier molecular flexibility index (Phi) is 5.60. The van der Waals surface area contributed by atoms with Crippen molar-refractivity contribution in [3.8, 4) is 0 Å². The average Bonchev–Trinajstić information content (AvgIpc) is 2.41. The summed E-state index contributed by atoms with van der Waals surface area (Å²) in [7, 11) is 0. The SMILES string of the molecule is Cc1ccccc1CCNC(=O)CN1CCCC(C)C1. The standard InChI is InChI=1S/C17H26N2O/c1-14-6-5-11-19(12-14)13-17(20)18-10-9-16-8-4-3-7-15(16)2/h3-4,7-8,14H,5-6,9-13H2,1-2H3,(H,18,20). The maximum atomic E-state index is 11.9. The highest BCUT2D eigenvalue weighted by Gasteiger charge is 2.18. The number of nitrogens with one attached hydrogen (secondary N) is 1. The average molecular weight is 274 g/mol. The molecular weight excluding hydrogens is 248 g/mol. The van der Waals surface area contributed by atoms with E-state index >= 15 is 0 Å². The predicted octanol–water partition coefficient (Wildman–Crippen LogP) is 2.39. The zero-order chi connectivity index (χ0) is 14.4. The van der Waals surface area contributed by atoms with Crippen LogP contribution in [0.25, 0.3) is 0 Å². The van der Waals surface area contributed by atoms with Crippen LogP contribution in [0.5, 0.6) is 0 Å². The molecule has 1 aromatic rings. The number of likely N-dealkylation sites (tertiary alicyclic amines) is 1. The summed E-state index contributed by atoms with van der Waals surface area (Å²) in [6.07, 6.45) is 3.43. The van der Waals surface area contributed by atoms with Crippen LogP contribution in [0.2, 0.25) is 0 Å². The summed E-state index contributed by atoms with van der Waals surface area (Å²) in [5.74, 6) is 0.885. The molecule has 1 fully saturated rings. The molecule has 2 rings (SSSR count). The van der Waals surface area contributed by atoms with Gasteiger partial charge in [0.05, 0.1) is 6.54 Å². The van der Waals surface area contributed by atoms with Gasteiger partial charge in [-0.2, -0.15) is 0 Å². The summed E-state index contributed by atoms with van der Waals surface area (Å²) in [4.78, 5) is 14.2. The number of aryl methyl sites for hydroxylation is 1. The second-order valence-corrected chi connectivity index (χ2v) is 6.01. The lowest BCUT2D eigenvalue weighted by Gasteiger charge is -2.30. The number of carbonyl (C=O) groups is 1. The molecule has 1 aromatic carbocycles. The summed E-state index contributed by atoms with van der Waals surface area (Å²) < 4.78 is 0. The van der Waals surface area contributed by atoms with E-state index in [2.05, 4.69) is 48.3 Å². The Morgan fingerprint density at radius 2 is 2.20 bits per heavy atom. The molecule has 1 aliphatic heterocycles. The Hall–Kier alpha value is -1.35. The normalized spacial score (nSPS) is 19.8. The second kappa shape index (κ2) is 7.44. The predicted molar refractivity (Wildman–Crippen MR) is 82.7 cm³/mol. The Bertz CT molecular complexity index is 444. The minimum Gasteiger partial charge on any atom is -0.355 e. The van der Waals surface area contributed by atoms with E-state index in [-0.39, 0.29) is 5.91 Å². The largest absolute Gasteiger partial charge is 0.355 e. The first-order valence-electron chi connectivity index (χ1n) is 7.68. The molecule has 0 radical (unpaired) electrons. The van der Waals surface area contributed by atoms with Crippen molar-refractivity contribution in [3.05, 3.63) is 35.4 Å². The Labute approximate surface area is 122 Å². The minimum atomic E-state index is 0.160. The molecule has 110 valence electrons. The molecule has 0 aliphatic carbocycles. The molecule has 0 aromatic heterocycles. The van der Waals surface area contributed by atoms with Crippen LogP contribution in [0, 0.1) is 12.8 Å². The van der Waals surface area contributed by atoms with Crippen LogP contribution >= 0.6 is 0 Å². The maximum absolute atomic E-state index is 11.9. The number of hydrogen-bond donors (Lipinski definition) is 1. The molecule has 1 aliphatic rings. The van der Waals surface area contributed by atoms with Crippen LogP contribution in [-0.4, -0.2) is 37.0 Å². The molecule has 20 heavy (non-hydrogen) atoms. The van der Waals surface area contributed by atoms with Gasteiger partial charge in [-0.05, 0) is 49.8 Å². The van der Waals surface area contributed by atoms with Gasteiger partial charge < -0.3 is 5.32 Å². The summed E-state index contributed by atoms with van der Waals surface area (Å²) in [6.45, 7) is 7.79. The fourth-order valence-electron chi connectivity index (χ4n) is 2.92. The molecule has 1 amide bonds. The van der Waals surface area contributed by atoms with Crippen molar-refractivity contribution in [3.63, 3.8) is 0 Å². The van der Waals surface area contributed by atoms with E-state index in [4.69, 9.17) is 0 Å². The summed E-state index contributed by atoms with van der Waals surface area (Å²) in [5.41, 5.74) is 2.62. The highest BCUT2D eigenvalue weighted by molar-refractivity contribution is 5.78. The van der Waals surface area contributed by atoms with Crippen LogP contribution in [0.1, 0.15) is 30.9 Å². The number of hydrogen-bond acceptors (Lipinski definition) is 2. The van der Waals surface area contributed by atoms with Gasteiger partial charge in [-0.15, -0.1) is 0 Å². The van der Waals surface area contributed by atoms with Gasteiger partial charge in [-0.3, -0.25) is 9.69 Å². The summed E-state index contributed by atoms with van der Waals surface area (Å²) in [5, 5.41) is 3.04. The Morgan fingerprint density at radius 3 is 2.95 bits per heavy atom. The van der Waals surface area contributed by atoms with Crippen LogP contribution in [0.15, 0.2) is 24.3 Å². The number of amides is 1. The van der Waals surface area contributed by atoms with Gasteiger partial charge in [-0.1, -0.05) is 31.2 Å². The third kappa shape index (κ3) is 4.64. The fourth-order valence-corrected chi connectivity index (χ4v) is 2.92. The van der Waals surface area contributed by atoms with Crippen molar-refractivity contribution in [1.82, 2.24) is 10.2 Å². The van der Waals surface area contributed by atoms with E-state index in [9.17, 15) is 4.79 Å². The first kappa shape index (κ1) is 15.0. The van der Waals surface area contributed by atoms with Crippen molar-refractivity contribution in [2.45, 2.75) is 33.1 Å². The lowest BCUT2D eigenvalue weighted by Crippen LogP contribution is -2.42. The Morgan fingerprint density at radius 1 is 1.40 bits per heavy atom. The van der Waals surface area contributed by atoms with Gasteiger partial charge in [0, 0.05) is 13.1 Å². The highest BCUT2D eigenvalue weighted by Crippen LogP contribution is 2.14. The van der Waals surface area contributed by atoms with E-state index in [1.165, 1.54) is 24.0 Å². The molecule has 1 heterocycles. The van der Waals surface area contributed by atoms with Crippen LogP contribution in [0.3, 0.4) is 0 Å². The van der Waals surface area contributed by atoms with Crippen LogP contribution < -0.4 is 5.32 Å². The summed E-state index contributed by atoms with van der Waals surface area (Å²) >= 11 is 0. The number of benzene rings is 1. The quantitative estimate of drug-likeness (QED) is 0.894. The third-order valence-corrected chi connectivity index (χ3v) is 4.09. The van der Waals surface area contributed by atoms with Crippen molar-refractivity contribution < 1.29 is 4.79 Å². The molecule has 0 bridgehead atoms. The smallest absolute Gasteiger partial charge is 0.234 e. The molecule has 0 spiro atoms. The first-order chi connectivity index (χ1) is 9.65. The van der Waals surface area contributed by atoms with E-state index in [0.717, 1.165) is 32.0 Å². The molecule has 0 saturated carbocycles. The van der Waals surface area contributed by atoms with Gasteiger partial charge in [-0.25, -0.2) is 0 Å². The molecule has 1 unspecified atom stereocenters. The topological polar surface area (TPSA) is 32.3 Å². The van der Waals surface area contributed by atoms with Crippen molar-refractivity contribution in [1.29, 1.82) is 0 Å². The number of piperidine rings is 1. The van der Waals surface area contributed by atoms with Crippen LogP contribution in [-0.2, 0) is 11.2 Å². The van der Waals surface area contributed by atoms with E-state index in [0.29, 0.717) is 6.54 Å². The van der Waals surface area contributed by atoms with Crippen molar-refractivity contribution >= 4 is 5.91 Å². The second-order valence-electron chi connectivity index (χ2n) is 6.01. The molecule has 3 heteroatoms. The molecule has 3 nitrogen and oxygen atoms in total. The van der Waals surface area contributed by atoms with Crippen molar-refractivity contribution in [2.24, 2.45) is 5.92 Å². The third-order valence-electron chi connectivity index (χ3n) is 4.09. The molecule has 1 atom stereocenters. The van der Waals surface area contributed by atoms with Crippen LogP contribution in [0.4, 0.5) is 0 Å². The zero-order valence-electron chi connectivity index (χ0n) is 12.7. The Balaban J connectivity index is 1.69. The van der Waals surface area contributed by atoms with E-state index in [1.807, 2.05) is 0 Å². The minimum absolute atomic E-state index is 0.160. The first-order valence-corrected chi connectivity index (χ1v) is 7.68. The van der Waals surface area contributed by atoms with Gasteiger partial charge in [0.2, 0.25) is 5.91 Å². The van der Waals surface area contributed by atoms with E-state index < -0.39 is 0 Å². The number of rotatable bonds is 5. The lowest BCUT2D eigenvalue weighted by atomic mass is 10.0. The molecule has 1 saturated heterocycles. The zero-order valence-corrected chi connectivity index (χ0v) is 12.7. The number of carbonyl (C=O) groups excluding carboxylic acids is 1. The lowest BCUT2D eigenvalue weighted by molar-refractivity contribution is -0.122. The molecule has 1 N–H and O–H groups in total. The monoisotopic (exact) mass is 274 g/mol.